The number of halogens is 1. The molecular formula is C27H29FN4O4. The molecule has 2 N–H and O–H groups in total. The van der Waals surface area contributed by atoms with E-state index >= 15 is 0 Å². The lowest BCUT2D eigenvalue weighted by Gasteiger charge is -2.23. The SMILES string of the molecule is CCOc1ccc(N(CC(=O)NCc2ccc(F)cc2)C(=O)CCC(=O)Nc2cc(C)ccn2)cc1. The highest BCUT2D eigenvalue weighted by atomic mass is 19.1. The number of hydrogen-bond acceptors (Lipinski definition) is 5. The van der Waals surface area contributed by atoms with Crippen LogP contribution in [0.1, 0.15) is 30.9 Å². The topological polar surface area (TPSA) is 101 Å². The maximum atomic E-state index is 13.1. The number of amides is 3. The van der Waals surface area contributed by atoms with Crippen LogP contribution >= 0.6 is 0 Å². The van der Waals surface area contributed by atoms with Crippen molar-refractivity contribution in [2.45, 2.75) is 33.2 Å². The molecule has 2 aromatic carbocycles. The van der Waals surface area contributed by atoms with E-state index in [9.17, 15) is 18.8 Å². The van der Waals surface area contributed by atoms with Crippen LogP contribution in [0.5, 0.6) is 5.75 Å². The van der Waals surface area contributed by atoms with Gasteiger partial charge in [-0.15, -0.1) is 0 Å². The highest BCUT2D eigenvalue weighted by Gasteiger charge is 2.20. The molecule has 1 aromatic heterocycles. The van der Waals surface area contributed by atoms with Crippen LogP contribution in [0.4, 0.5) is 15.9 Å². The molecule has 3 aromatic rings. The number of carbonyl (C=O) groups is 3. The summed E-state index contributed by atoms with van der Waals surface area (Å²) >= 11 is 0. The van der Waals surface area contributed by atoms with E-state index in [4.69, 9.17) is 4.74 Å². The van der Waals surface area contributed by atoms with Crippen molar-refractivity contribution in [1.29, 1.82) is 0 Å². The summed E-state index contributed by atoms with van der Waals surface area (Å²) in [6.07, 6.45) is 1.42. The van der Waals surface area contributed by atoms with Crippen molar-refractivity contribution in [3.8, 4) is 5.75 Å². The van der Waals surface area contributed by atoms with Crippen molar-refractivity contribution < 1.29 is 23.5 Å². The number of aromatic nitrogens is 1. The normalized spacial score (nSPS) is 10.4. The quantitative estimate of drug-likeness (QED) is 0.422. The van der Waals surface area contributed by atoms with E-state index in [1.54, 1.807) is 48.7 Å². The number of nitrogens with one attached hydrogen (secondary N) is 2. The van der Waals surface area contributed by atoms with E-state index in [0.717, 1.165) is 11.1 Å². The van der Waals surface area contributed by atoms with Gasteiger partial charge in [0.05, 0.1) is 6.61 Å². The second-order valence-electron chi connectivity index (χ2n) is 8.08. The smallest absolute Gasteiger partial charge is 0.240 e. The number of nitrogens with zero attached hydrogens (tertiary/aromatic N) is 2. The summed E-state index contributed by atoms with van der Waals surface area (Å²) in [6.45, 7) is 4.20. The first-order chi connectivity index (χ1) is 17.3. The number of pyridine rings is 1. The summed E-state index contributed by atoms with van der Waals surface area (Å²) in [4.78, 5) is 43.5. The van der Waals surface area contributed by atoms with Crippen LogP contribution in [0.3, 0.4) is 0 Å². The molecule has 0 saturated carbocycles. The number of anilines is 2. The lowest BCUT2D eigenvalue weighted by molar-refractivity contribution is -0.125. The molecule has 1 heterocycles. The van der Waals surface area contributed by atoms with Crippen LogP contribution in [0, 0.1) is 12.7 Å². The van der Waals surface area contributed by atoms with Crippen LogP contribution in [0.15, 0.2) is 66.9 Å². The Labute approximate surface area is 209 Å². The van der Waals surface area contributed by atoms with Crippen LogP contribution in [-0.2, 0) is 20.9 Å². The third-order valence-corrected chi connectivity index (χ3v) is 5.21. The molecule has 8 nitrogen and oxygen atoms in total. The molecule has 36 heavy (non-hydrogen) atoms. The van der Waals surface area contributed by atoms with E-state index in [0.29, 0.717) is 23.9 Å². The monoisotopic (exact) mass is 492 g/mol. The number of benzene rings is 2. The van der Waals surface area contributed by atoms with Crippen molar-refractivity contribution in [1.82, 2.24) is 10.3 Å². The van der Waals surface area contributed by atoms with E-state index in [-0.39, 0.29) is 43.6 Å². The number of ether oxygens (including phenoxy) is 1. The molecule has 0 aliphatic carbocycles. The Balaban J connectivity index is 1.64. The first-order valence-electron chi connectivity index (χ1n) is 11.6. The highest BCUT2D eigenvalue weighted by Crippen LogP contribution is 2.21. The van der Waals surface area contributed by atoms with Gasteiger partial charge >= 0.3 is 0 Å². The van der Waals surface area contributed by atoms with Gasteiger partial charge in [-0.2, -0.15) is 0 Å². The second-order valence-corrected chi connectivity index (χ2v) is 8.08. The third kappa shape index (κ3) is 8.19. The van der Waals surface area contributed by atoms with Gasteiger partial charge in [-0.3, -0.25) is 14.4 Å². The third-order valence-electron chi connectivity index (χ3n) is 5.21. The van der Waals surface area contributed by atoms with Crippen LogP contribution in [-0.4, -0.2) is 35.9 Å². The van der Waals surface area contributed by atoms with Crippen LogP contribution in [0.2, 0.25) is 0 Å². The number of aryl methyl sites for hydroxylation is 1. The van der Waals surface area contributed by atoms with Gasteiger partial charge in [0, 0.05) is 31.3 Å². The zero-order valence-electron chi connectivity index (χ0n) is 20.3. The molecule has 3 amide bonds. The summed E-state index contributed by atoms with van der Waals surface area (Å²) in [6, 6.07) is 16.1. The van der Waals surface area contributed by atoms with Gasteiger partial charge in [0.15, 0.2) is 0 Å². The predicted octanol–water partition coefficient (Wildman–Crippen LogP) is 4.00. The average Bonchev–Trinajstić information content (AvgIpc) is 2.86. The molecule has 0 aliphatic heterocycles. The molecule has 9 heteroatoms. The Morgan fingerprint density at radius 3 is 2.36 bits per heavy atom. The molecular weight excluding hydrogens is 463 g/mol. The lowest BCUT2D eigenvalue weighted by Crippen LogP contribution is -2.41. The Bertz CT molecular complexity index is 1180. The van der Waals surface area contributed by atoms with E-state index in [1.807, 2.05) is 19.9 Å². The highest BCUT2D eigenvalue weighted by molar-refractivity contribution is 6.01. The summed E-state index contributed by atoms with van der Waals surface area (Å²) in [5.74, 6) is -0.442. The molecule has 0 spiro atoms. The van der Waals surface area contributed by atoms with Crippen LogP contribution in [0.25, 0.3) is 0 Å². The molecule has 0 unspecified atom stereocenters. The van der Waals surface area contributed by atoms with Gasteiger partial charge in [-0.25, -0.2) is 9.37 Å². The summed E-state index contributed by atoms with van der Waals surface area (Å²) in [7, 11) is 0. The minimum atomic E-state index is -0.394. The van der Waals surface area contributed by atoms with Crippen molar-refractivity contribution in [3.05, 3.63) is 83.8 Å². The molecule has 0 bridgehead atoms. The Morgan fingerprint density at radius 1 is 0.972 bits per heavy atom. The first kappa shape index (κ1) is 26.3. The number of carbonyl (C=O) groups excluding carboxylic acids is 3. The van der Waals surface area contributed by atoms with Crippen molar-refractivity contribution >= 4 is 29.2 Å². The predicted molar refractivity (Wildman–Crippen MR) is 135 cm³/mol. The maximum absolute atomic E-state index is 13.1. The number of hydrogen-bond donors (Lipinski definition) is 2. The van der Waals surface area contributed by atoms with Crippen molar-refractivity contribution in [2.24, 2.45) is 0 Å². The first-order valence-corrected chi connectivity index (χ1v) is 11.6. The largest absolute Gasteiger partial charge is 0.494 e. The van der Waals surface area contributed by atoms with Gasteiger partial charge in [0.25, 0.3) is 0 Å². The minimum Gasteiger partial charge on any atom is -0.494 e. The lowest BCUT2D eigenvalue weighted by atomic mass is 10.2. The summed E-state index contributed by atoms with van der Waals surface area (Å²) < 4.78 is 18.6. The van der Waals surface area contributed by atoms with E-state index < -0.39 is 5.91 Å². The van der Waals surface area contributed by atoms with Gasteiger partial charge in [-0.1, -0.05) is 12.1 Å². The second kappa shape index (κ2) is 13.0. The molecule has 188 valence electrons. The van der Waals surface area contributed by atoms with E-state index in [2.05, 4.69) is 15.6 Å². The molecule has 0 atom stereocenters. The molecule has 0 radical (unpaired) electrons. The Morgan fingerprint density at radius 2 is 1.69 bits per heavy atom. The van der Waals surface area contributed by atoms with Crippen molar-refractivity contribution in [2.75, 3.05) is 23.4 Å². The molecule has 0 fully saturated rings. The van der Waals surface area contributed by atoms with Gasteiger partial charge in [0.1, 0.15) is 23.9 Å². The van der Waals surface area contributed by atoms with Crippen molar-refractivity contribution in [3.63, 3.8) is 0 Å². The van der Waals surface area contributed by atoms with Gasteiger partial charge in [0.2, 0.25) is 17.7 Å². The van der Waals surface area contributed by atoms with Crippen LogP contribution < -0.4 is 20.3 Å². The average molecular weight is 493 g/mol. The van der Waals surface area contributed by atoms with Gasteiger partial charge < -0.3 is 20.3 Å². The fourth-order valence-electron chi connectivity index (χ4n) is 3.38. The molecule has 3 rings (SSSR count). The zero-order valence-corrected chi connectivity index (χ0v) is 20.3. The fourth-order valence-corrected chi connectivity index (χ4v) is 3.38. The molecule has 0 saturated heterocycles. The minimum absolute atomic E-state index is 0.0703. The Hall–Kier alpha value is -4.27. The zero-order chi connectivity index (χ0) is 25.9. The summed E-state index contributed by atoms with van der Waals surface area (Å²) in [5.41, 5.74) is 2.18. The standard InChI is InChI=1S/C27H29FN4O4/c1-3-36-23-10-8-22(9-11-23)32(18-26(34)30-17-20-4-6-21(28)7-5-20)27(35)13-12-25(33)31-24-16-19(2)14-15-29-24/h4-11,14-16H,3,12-13,17-18H2,1-2H3,(H,30,34)(H,29,31,33). The van der Waals surface area contributed by atoms with Gasteiger partial charge in [-0.05, 0) is 73.5 Å². The Kier molecular flexibility index (Phi) is 9.50. The number of rotatable bonds is 11. The fraction of sp³-hybridized carbons (Fsp3) is 0.259. The maximum Gasteiger partial charge on any atom is 0.240 e. The summed E-state index contributed by atoms with van der Waals surface area (Å²) in [5, 5.41) is 5.42. The molecule has 0 aliphatic rings. The van der Waals surface area contributed by atoms with E-state index in [1.165, 1.54) is 17.0 Å².